The molecular formula is C13H17NO3S. The van der Waals surface area contributed by atoms with E-state index in [2.05, 4.69) is 0 Å². The number of carboxylic acids is 1. The van der Waals surface area contributed by atoms with Crippen LogP contribution in [0.15, 0.2) is 11.4 Å². The van der Waals surface area contributed by atoms with Gasteiger partial charge in [0, 0.05) is 6.54 Å². The van der Waals surface area contributed by atoms with Crippen LogP contribution in [0, 0.1) is 6.92 Å². The van der Waals surface area contributed by atoms with Gasteiger partial charge in [-0.25, -0.2) is 4.79 Å². The maximum atomic E-state index is 12.4. The Morgan fingerprint density at radius 3 is 2.78 bits per heavy atom. The second-order valence-corrected chi connectivity index (χ2v) is 5.55. The van der Waals surface area contributed by atoms with Gasteiger partial charge in [-0.05, 0) is 36.8 Å². The Kier molecular flexibility index (Phi) is 4.01. The molecule has 0 aromatic carbocycles. The minimum absolute atomic E-state index is 0.128. The number of hydrogen-bond donors (Lipinski definition) is 1. The number of thiophene rings is 1. The zero-order valence-corrected chi connectivity index (χ0v) is 11.2. The minimum atomic E-state index is -0.889. The van der Waals surface area contributed by atoms with Gasteiger partial charge >= 0.3 is 5.97 Å². The Bertz CT molecular complexity index is 455. The van der Waals surface area contributed by atoms with E-state index in [1.165, 1.54) is 16.2 Å². The third-order valence-corrected chi connectivity index (χ3v) is 4.36. The molecule has 0 bridgehead atoms. The van der Waals surface area contributed by atoms with Crippen molar-refractivity contribution in [2.24, 2.45) is 0 Å². The molecule has 1 aromatic rings. The standard InChI is InChI=1S/C13H17NO3S/c1-9-6-8-18-11(9)12(15)14-7-4-2-3-5-10(14)13(16)17/h6,8,10H,2-5,7H2,1H3,(H,16,17). The smallest absolute Gasteiger partial charge is 0.326 e. The Hall–Kier alpha value is -1.36. The van der Waals surface area contributed by atoms with Crippen LogP contribution in [0.3, 0.4) is 0 Å². The number of rotatable bonds is 2. The van der Waals surface area contributed by atoms with E-state index in [1.807, 2.05) is 18.4 Å². The monoisotopic (exact) mass is 267 g/mol. The number of hydrogen-bond acceptors (Lipinski definition) is 3. The highest BCUT2D eigenvalue weighted by Gasteiger charge is 2.32. The van der Waals surface area contributed by atoms with Crippen molar-refractivity contribution in [3.05, 3.63) is 21.9 Å². The molecule has 4 nitrogen and oxygen atoms in total. The molecule has 1 atom stereocenters. The van der Waals surface area contributed by atoms with E-state index < -0.39 is 12.0 Å². The van der Waals surface area contributed by atoms with Crippen molar-refractivity contribution in [2.75, 3.05) is 6.54 Å². The van der Waals surface area contributed by atoms with Crippen LogP contribution in [0.4, 0.5) is 0 Å². The number of amides is 1. The molecule has 1 fully saturated rings. The van der Waals surface area contributed by atoms with Crippen LogP contribution in [0.1, 0.15) is 40.9 Å². The number of likely N-dealkylation sites (tertiary alicyclic amines) is 1. The van der Waals surface area contributed by atoms with Gasteiger partial charge in [0.2, 0.25) is 0 Å². The van der Waals surface area contributed by atoms with Crippen LogP contribution in [-0.4, -0.2) is 34.5 Å². The lowest BCUT2D eigenvalue weighted by molar-refractivity contribution is -0.142. The summed E-state index contributed by atoms with van der Waals surface area (Å²) in [6, 6.07) is 1.23. The van der Waals surface area contributed by atoms with Crippen LogP contribution >= 0.6 is 11.3 Å². The highest BCUT2D eigenvalue weighted by Crippen LogP contribution is 2.23. The van der Waals surface area contributed by atoms with Gasteiger partial charge in [0.15, 0.2) is 0 Å². The summed E-state index contributed by atoms with van der Waals surface area (Å²) in [4.78, 5) is 25.9. The fraction of sp³-hybridized carbons (Fsp3) is 0.538. The first kappa shape index (κ1) is 13.1. The second kappa shape index (κ2) is 5.52. The van der Waals surface area contributed by atoms with Crippen LogP contribution in [0.25, 0.3) is 0 Å². The first-order valence-corrected chi connectivity index (χ1v) is 7.07. The van der Waals surface area contributed by atoms with Gasteiger partial charge in [-0.2, -0.15) is 0 Å². The topological polar surface area (TPSA) is 57.6 Å². The SMILES string of the molecule is Cc1ccsc1C(=O)N1CCCCCC1C(=O)O. The molecule has 98 valence electrons. The van der Waals surface area contributed by atoms with Gasteiger partial charge < -0.3 is 10.0 Å². The molecule has 1 aliphatic rings. The fourth-order valence-electron chi connectivity index (χ4n) is 2.33. The summed E-state index contributed by atoms with van der Waals surface area (Å²) in [5.74, 6) is -1.02. The van der Waals surface area contributed by atoms with Gasteiger partial charge in [-0.15, -0.1) is 11.3 Å². The van der Waals surface area contributed by atoms with Gasteiger partial charge in [-0.1, -0.05) is 12.8 Å². The molecule has 2 heterocycles. The molecule has 0 spiro atoms. The molecule has 1 unspecified atom stereocenters. The van der Waals surface area contributed by atoms with Crippen molar-refractivity contribution in [2.45, 2.75) is 38.6 Å². The van der Waals surface area contributed by atoms with Crippen molar-refractivity contribution < 1.29 is 14.7 Å². The molecule has 2 rings (SSSR count). The molecule has 0 radical (unpaired) electrons. The molecular weight excluding hydrogens is 250 g/mol. The van der Waals surface area contributed by atoms with Gasteiger partial charge in [0.25, 0.3) is 5.91 Å². The molecule has 1 aliphatic heterocycles. The second-order valence-electron chi connectivity index (χ2n) is 4.63. The lowest BCUT2D eigenvalue weighted by Gasteiger charge is -2.26. The summed E-state index contributed by atoms with van der Waals surface area (Å²) >= 11 is 1.39. The maximum Gasteiger partial charge on any atom is 0.326 e. The predicted molar refractivity (Wildman–Crippen MR) is 70.0 cm³/mol. The first-order valence-electron chi connectivity index (χ1n) is 6.19. The Balaban J connectivity index is 2.25. The minimum Gasteiger partial charge on any atom is -0.480 e. The lowest BCUT2D eigenvalue weighted by Crippen LogP contribution is -2.44. The number of nitrogens with zero attached hydrogens (tertiary/aromatic N) is 1. The summed E-state index contributed by atoms with van der Waals surface area (Å²) < 4.78 is 0. The van der Waals surface area contributed by atoms with E-state index in [1.54, 1.807) is 0 Å². The Labute approximate surface area is 110 Å². The van der Waals surface area contributed by atoms with Crippen molar-refractivity contribution in [1.82, 2.24) is 4.90 Å². The van der Waals surface area contributed by atoms with Crippen molar-refractivity contribution in [3.8, 4) is 0 Å². The van der Waals surface area contributed by atoms with E-state index in [0.29, 0.717) is 17.8 Å². The fourth-order valence-corrected chi connectivity index (χ4v) is 3.21. The molecule has 0 saturated carbocycles. The van der Waals surface area contributed by atoms with E-state index in [9.17, 15) is 14.7 Å². The zero-order valence-electron chi connectivity index (χ0n) is 10.4. The van der Waals surface area contributed by atoms with Gasteiger partial charge in [0.1, 0.15) is 6.04 Å². The normalized spacial score (nSPS) is 20.5. The van der Waals surface area contributed by atoms with E-state index in [4.69, 9.17) is 0 Å². The molecule has 1 saturated heterocycles. The van der Waals surface area contributed by atoms with Crippen molar-refractivity contribution >= 4 is 23.2 Å². The van der Waals surface area contributed by atoms with Gasteiger partial charge in [-0.3, -0.25) is 4.79 Å². The highest BCUT2D eigenvalue weighted by atomic mass is 32.1. The summed E-state index contributed by atoms with van der Waals surface area (Å²) in [5, 5.41) is 11.1. The lowest BCUT2D eigenvalue weighted by atomic mass is 10.1. The molecule has 1 aromatic heterocycles. The van der Waals surface area contributed by atoms with Crippen LogP contribution in [-0.2, 0) is 4.79 Å². The van der Waals surface area contributed by atoms with Crippen molar-refractivity contribution in [3.63, 3.8) is 0 Å². The molecule has 18 heavy (non-hydrogen) atoms. The molecule has 0 aliphatic carbocycles. The number of carbonyl (C=O) groups is 2. The first-order chi connectivity index (χ1) is 8.61. The number of aliphatic carboxylic acids is 1. The molecule has 1 N–H and O–H groups in total. The molecule has 1 amide bonds. The Morgan fingerprint density at radius 1 is 1.39 bits per heavy atom. The van der Waals surface area contributed by atoms with Crippen LogP contribution in [0.2, 0.25) is 0 Å². The predicted octanol–water partition coefficient (Wildman–Crippen LogP) is 2.53. The average Bonchev–Trinajstić information content (AvgIpc) is 2.63. The number of carbonyl (C=O) groups excluding carboxylic acids is 1. The van der Waals surface area contributed by atoms with Crippen molar-refractivity contribution in [1.29, 1.82) is 0 Å². The number of aryl methyl sites for hydroxylation is 1. The summed E-state index contributed by atoms with van der Waals surface area (Å²) in [7, 11) is 0. The Morgan fingerprint density at radius 2 is 2.17 bits per heavy atom. The third-order valence-electron chi connectivity index (χ3n) is 3.36. The van der Waals surface area contributed by atoms with E-state index in [-0.39, 0.29) is 5.91 Å². The average molecular weight is 267 g/mol. The summed E-state index contributed by atoms with van der Waals surface area (Å²) in [6.45, 7) is 2.43. The molecule has 5 heteroatoms. The third kappa shape index (κ3) is 2.56. The zero-order chi connectivity index (χ0) is 13.1. The van der Waals surface area contributed by atoms with Crippen LogP contribution < -0.4 is 0 Å². The van der Waals surface area contributed by atoms with E-state index in [0.717, 1.165) is 24.8 Å². The van der Waals surface area contributed by atoms with Gasteiger partial charge in [0.05, 0.1) is 4.88 Å². The summed E-state index contributed by atoms with van der Waals surface area (Å²) in [5.41, 5.74) is 0.929. The largest absolute Gasteiger partial charge is 0.480 e. The van der Waals surface area contributed by atoms with Crippen LogP contribution in [0.5, 0.6) is 0 Å². The van der Waals surface area contributed by atoms with E-state index >= 15 is 0 Å². The number of carboxylic acid groups (broad SMARTS) is 1. The highest BCUT2D eigenvalue weighted by molar-refractivity contribution is 7.12. The quantitative estimate of drug-likeness (QED) is 0.895. The summed E-state index contributed by atoms with van der Waals surface area (Å²) in [6.07, 6.45) is 3.33. The maximum absolute atomic E-state index is 12.4.